The van der Waals surface area contributed by atoms with Gasteiger partial charge in [0, 0.05) is 0 Å². The fourth-order valence-electron chi connectivity index (χ4n) is 2.79. The number of carbonyl (C=O) groups excluding carboxylic acids is 2. The molecule has 2 aromatic carbocycles. The SMILES string of the molecule is CC(NC(=O)c1ccc(C(=O)NO)s1)c1ccc(OCc2ccc(OC(F)(F)F)cc2)cc1. The number of rotatable bonds is 8. The van der Waals surface area contributed by atoms with Crippen LogP contribution in [0.4, 0.5) is 13.2 Å². The summed E-state index contributed by atoms with van der Waals surface area (Å²) >= 11 is 0.954. The van der Waals surface area contributed by atoms with Gasteiger partial charge < -0.3 is 14.8 Å². The monoisotopic (exact) mass is 480 g/mol. The van der Waals surface area contributed by atoms with E-state index in [1.54, 1.807) is 31.2 Å². The Bertz CT molecular complexity index is 1100. The van der Waals surface area contributed by atoms with E-state index in [4.69, 9.17) is 9.94 Å². The highest BCUT2D eigenvalue weighted by Crippen LogP contribution is 2.24. The molecule has 2 amide bonds. The Morgan fingerprint density at radius 1 is 0.939 bits per heavy atom. The maximum atomic E-state index is 12.4. The van der Waals surface area contributed by atoms with Gasteiger partial charge in [-0.3, -0.25) is 14.8 Å². The molecule has 7 nitrogen and oxygen atoms in total. The topological polar surface area (TPSA) is 96.9 Å². The Kier molecular flexibility index (Phi) is 7.56. The molecule has 0 saturated heterocycles. The van der Waals surface area contributed by atoms with Crippen LogP contribution in [0.15, 0.2) is 60.7 Å². The molecule has 1 atom stereocenters. The smallest absolute Gasteiger partial charge is 0.489 e. The highest BCUT2D eigenvalue weighted by atomic mass is 32.1. The first-order valence-electron chi connectivity index (χ1n) is 9.57. The predicted molar refractivity (Wildman–Crippen MR) is 113 cm³/mol. The van der Waals surface area contributed by atoms with Gasteiger partial charge in [0.1, 0.15) is 18.1 Å². The van der Waals surface area contributed by atoms with Gasteiger partial charge in [-0.05, 0) is 54.4 Å². The maximum Gasteiger partial charge on any atom is 0.573 e. The number of alkyl halides is 3. The summed E-state index contributed by atoms with van der Waals surface area (Å²) in [5.41, 5.74) is 3.00. The van der Waals surface area contributed by atoms with E-state index in [1.807, 2.05) is 0 Å². The number of carbonyl (C=O) groups is 2. The van der Waals surface area contributed by atoms with Crippen LogP contribution in [0.2, 0.25) is 0 Å². The summed E-state index contributed by atoms with van der Waals surface area (Å²) in [6.45, 7) is 1.95. The number of benzene rings is 2. The molecule has 0 spiro atoms. The van der Waals surface area contributed by atoms with Gasteiger partial charge in [-0.15, -0.1) is 24.5 Å². The highest BCUT2D eigenvalue weighted by Gasteiger charge is 2.30. The van der Waals surface area contributed by atoms with Crippen molar-refractivity contribution in [2.75, 3.05) is 0 Å². The second-order valence-corrected chi connectivity index (χ2v) is 7.93. The van der Waals surface area contributed by atoms with Crippen LogP contribution in [0.1, 0.15) is 43.4 Å². The number of amides is 2. The number of hydrogen-bond acceptors (Lipinski definition) is 6. The molecular formula is C22H19F3N2O5S. The van der Waals surface area contributed by atoms with Crippen LogP contribution in [-0.4, -0.2) is 23.4 Å². The lowest BCUT2D eigenvalue weighted by molar-refractivity contribution is -0.274. The zero-order chi connectivity index (χ0) is 24.0. The Morgan fingerprint density at radius 3 is 2.09 bits per heavy atom. The van der Waals surface area contributed by atoms with E-state index in [2.05, 4.69) is 10.1 Å². The van der Waals surface area contributed by atoms with Crippen LogP contribution in [0.5, 0.6) is 11.5 Å². The minimum atomic E-state index is -4.74. The Morgan fingerprint density at radius 2 is 1.52 bits per heavy atom. The van der Waals surface area contributed by atoms with Crippen molar-refractivity contribution in [3.05, 3.63) is 81.5 Å². The molecule has 33 heavy (non-hydrogen) atoms. The number of hydrogen-bond donors (Lipinski definition) is 3. The quantitative estimate of drug-likeness (QED) is 0.317. The number of ether oxygens (including phenoxy) is 2. The predicted octanol–water partition coefficient (Wildman–Crippen LogP) is 4.84. The third-order valence-electron chi connectivity index (χ3n) is 4.45. The molecule has 0 fully saturated rings. The van der Waals surface area contributed by atoms with Gasteiger partial charge >= 0.3 is 6.36 Å². The van der Waals surface area contributed by atoms with Crippen LogP contribution in [0, 0.1) is 0 Å². The third-order valence-corrected chi connectivity index (χ3v) is 5.53. The van der Waals surface area contributed by atoms with E-state index in [0.717, 1.165) is 16.9 Å². The third kappa shape index (κ3) is 6.96. The Labute approximate surface area is 190 Å². The van der Waals surface area contributed by atoms with Crippen molar-refractivity contribution in [2.45, 2.75) is 25.9 Å². The number of nitrogens with one attached hydrogen (secondary N) is 2. The fraction of sp³-hybridized carbons (Fsp3) is 0.182. The summed E-state index contributed by atoms with van der Waals surface area (Å²) < 4.78 is 46.1. The van der Waals surface area contributed by atoms with Gasteiger partial charge in [-0.1, -0.05) is 24.3 Å². The van der Waals surface area contributed by atoms with Crippen LogP contribution >= 0.6 is 11.3 Å². The van der Waals surface area contributed by atoms with Gasteiger partial charge in [-0.2, -0.15) is 0 Å². The summed E-state index contributed by atoms with van der Waals surface area (Å²) in [7, 11) is 0. The van der Waals surface area contributed by atoms with Crippen molar-refractivity contribution in [1.82, 2.24) is 10.8 Å². The Hall–Kier alpha value is -3.57. The minimum absolute atomic E-state index is 0.153. The first kappa shape index (κ1) is 24.1. The lowest BCUT2D eigenvalue weighted by Gasteiger charge is -2.15. The van der Waals surface area contributed by atoms with E-state index < -0.39 is 12.3 Å². The van der Waals surface area contributed by atoms with Crippen molar-refractivity contribution in [1.29, 1.82) is 0 Å². The molecule has 0 aliphatic rings. The molecular weight excluding hydrogens is 461 g/mol. The second-order valence-electron chi connectivity index (χ2n) is 6.85. The molecule has 0 radical (unpaired) electrons. The molecule has 3 aromatic rings. The summed E-state index contributed by atoms with van der Waals surface area (Å²) in [4.78, 5) is 24.3. The van der Waals surface area contributed by atoms with Crippen LogP contribution in [0.25, 0.3) is 0 Å². The molecule has 174 valence electrons. The van der Waals surface area contributed by atoms with Gasteiger partial charge in [0.05, 0.1) is 15.8 Å². The van der Waals surface area contributed by atoms with Crippen molar-refractivity contribution >= 4 is 23.2 Å². The lowest BCUT2D eigenvalue weighted by atomic mass is 10.1. The zero-order valence-corrected chi connectivity index (χ0v) is 18.0. The molecule has 0 saturated carbocycles. The molecule has 3 rings (SSSR count). The van der Waals surface area contributed by atoms with Crippen LogP contribution in [0.3, 0.4) is 0 Å². The second kappa shape index (κ2) is 10.4. The summed E-state index contributed by atoms with van der Waals surface area (Å²) in [5.74, 6) is -0.802. The first-order valence-corrected chi connectivity index (χ1v) is 10.4. The standard InChI is InChI=1S/C22H19F3N2O5S/c1-13(26-20(28)18-10-11-19(33-18)21(29)27-30)15-4-8-16(9-5-15)31-12-14-2-6-17(7-3-14)32-22(23,24)25/h2-11,13,30H,12H2,1H3,(H,26,28)(H,27,29). The van der Waals surface area contributed by atoms with Crippen molar-refractivity contribution in [3.63, 3.8) is 0 Å². The van der Waals surface area contributed by atoms with E-state index in [1.165, 1.54) is 41.9 Å². The number of hydroxylamine groups is 1. The average Bonchev–Trinajstić information content (AvgIpc) is 3.28. The molecule has 0 aliphatic carbocycles. The molecule has 3 N–H and O–H groups in total. The van der Waals surface area contributed by atoms with E-state index in [9.17, 15) is 22.8 Å². The molecule has 1 heterocycles. The van der Waals surface area contributed by atoms with E-state index in [0.29, 0.717) is 16.2 Å². The summed E-state index contributed by atoms with van der Waals surface area (Å²) in [5, 5.41) is 11.5. The molecule has 0 aliphatic heterocycles. The van der Waals surface area contributed by atoms with Gasteiger partial charge in [0.25, 0.3) is 11.8 Å². The molecule has 0 bridgehead atoms. The summed E-state index contributed by atoms with van der Waals surface area (Å²) in [6, 6.07) is 15.0. The number of halogens is 3. The van der Waals surface area contributed by atoms with Crippen LogP contribution in [-0.2, 0) is 6.61 Å². The zero-order valence-electron chi connectivity index (χ0n) is 17.2. The highest BCUT2D eigenvalue weighted by molar-refractivity contribution is 7.15. The van der Waals surface area contributed by atoms with Gasteiger partial charge in [0.15, 0.2) is 0 Å². The van der Waals surface area contributed by atoms with Gasteiger partial charge in [0.2, 0.25) is 0 Å². The molecule has 11 heteroatoms. The Balaban J connectivity index is 1.52. The lowest BCUT2D eigenvalue weighted by Crippen LogP contribution is -2.25. The maximum absolute atomic E-state index is 12.4. The van der Waals surface area contributed by atoms with E-state index in [-0.39, 0.29) is 29.2 Å². The average molecular weight is 480 g/mol. The summed E-state index contributed by atoms with van der Waals surface area (Å²) in [6.07, 6.45) is -4.74. The van der Waals surface area contributed by atoms with Crippen LogP contribution < -0.4 is 20.3 Å². The minimum Gasteiger partial charge on any atom is -0.489 e. The normalized spacial score (nSPS) is 12.0. The fourth-order valence-corrected chi connectivity index (χ4v) is 3.59. The first-order chi connectivity index (χ1) is 15.6. The van der Waals surface area contributed by atoms with Gasteiger partial charge in [-0.25, -0.2) is 5.48 Å². The molecule has 1 unspecified atom stereocenters. The molecule has 1 aromatic heterocycles. The van der Waals surface area contributed by atoms with E-state index >= 15 is 0 Å². The largest absolute Gasteiger partial charge is 0.573 e. The van der Waals surface area contributed by atoms with Crippen molar-refractivity contribution in [2.24, 2.45) is 0 Å². The number of thiophene rings is 1. The van der Waals surface area contributed by atoms with Crippen molar-refractivity contribution in [3.8, 4) is 11.5 Å². The van der Waals surface area contributed by atoms with Crippen molar-refractivity contribution < 1.29 is 37.4 Å².